The number of fused-ring (bicyclic) bond motifs is 4. The van der Waals surface area contributed by atoms with Gasteiger partial charge in [0.05, 0.1) is 0 Å². The van der Waals surface area contributed by atoms with Crippen LogP contribution in [-0.2, 0) is 6.42 Å². The van der Waals surface area contributed by atoms with Gasteiger partial charge in [0.25, 0.3) is 0 Å². The number of thiophene rings is 1. The van der Waals surface area contributed by atoms with Gasteiger partial charge in [-0.2, -0.15) is 0 Å². The average Bonchev–Trinajstić information content (AvgIpc) is 3.45. The molecule has 0 spiro atoms. The lowest BCUT2D eigenvalue weighted by atomic mass is 9.93. The monoisotopic (exact) mass is 555 g/mol. The molecule has 0 unspecified atom stereocenters. The van der Waals surface area contributed by atoms with E-state index in [0.29, 0.717) is 0 Å². The van der Waals surface area contributed by atoms with Crippen LogP contribution in [0.25, 0.3) is 48.5 Å². The first kappa shape index (κ1) is 24.8. The molecule has 0 saturated heterocycles. The highest BCUT2D eigenvalue weighted by Crippen LogP contribution is 2.44. The largest absolute Gasteiger partial charge is 0.310 e. The average molecular weight is 556 g/mol. The highest BCUT2D eigenvalue weighted by atomic mass is 32.1. The summed E-state index contributed by atoms with van der Waals surface area (Å²) in [6.07, 6.45) is 6.68. The van der Waals surface area contributed by atoms with Crippen LogP contribution >= 0.6 is 11.3 Å². The molecule has 8 rings (SSSR count). The molecule has 6 aromatic carbocycles. The van der Waals surface area contributed by atoms with Gasteiger partial charge in [0, 0.05) is 42.8 Å². The second-order valence-electron chi connectivity index (χ2n) is 10.8. The van der Waals surface area contributed by atoms with Gasteiger partial charge in [-0.25, -0.2) is 0 Å². The number of hydrogen-bond acceptors (Lipinski definition) is 2. The summed E-state index contributed by atoms with van der Waals surface area (Å²) in [5, 5.41) is 2.67. The third-order valence-corrected chi connectivity index (χ3v) is 9.58. The van der Waals surface area contributed by atoms with Crippen LogP contribution in [0, 0.1) is 0 Å². The Labute approximate surface area is 250 Å². The van der Waals surface area contributed by atoms with Crippen molar-refractivity contribution in [2.24, 2.45) is 0 Å². The van der Waals surface area contributed by atoms with Crippen LogP contribution in [0.15, 0.2) is 146 Å². The first-order valence-electron chi connectivity index (χ1n) is 14.6. The maximum atomic E-state index is 2.41. The Hall–Kier alpha value is -4.92. The lowest BCUT2D eigenvalue weighted by Gasteiger charge is -2.29. The Bertz CT molecular complexity index is 2080. The third kappa shape index (κ3) is 4.24. The van der Waals surface area contributed by atoms with Crippen molar-refractivity contribution in [3.8, 4) is 22.3 Å². The predicted octanol–water partition coefficient (Wildman–Crippen LogP) is 11.8. The van der Waals surface area contributed by atoms with Gasteiger partial charge in [0.2, 0.25) is 0 Å². The van der Waals surface area contributed by atoms with Crippen LogP contribution < -0.4 is 4.90 Å². The lowest BCUT2D eigenvalue weighted by molar-refractivity contribution is 0.979. The van der Waals surface area contributed by atoms with E-state index in [2.05, 4.69) is 157 Å². The summed E-state index contributed by atoms with van der Waals surface area (Å²) in [5.74, 6) is 0. The van der Waals surface area contributed by atoms with Crippen molar-refractivity contribution in [1.82, 2.24) is 0 Å². The van der Waals surface area contributed by atoms with Crippen LogP contribution in [0.1, 0.15) is 17.5 Å². The van der Waals surface area contributed by atoms with Crippen LogP contribution in [0.4, 0.5) is 17.1 Å². The number of anilines is 3. The molecule has 1 nitrogen and oxygen atoms in total. The van der Waals surface area contributed by atoms with Gasteiger partial charge in [-0.1, -0.05) is 115 Å². The van der Waals surface area contributed by atoms with Gasteiger partial charge < -0.3 is 4.90 Å². The van der Waals surface area contributed by atoms with E-state index in [9.17, 15) is 0 Å². The molecule has 0 bridgehead atoms. The maximum absolute atomic E-state index is 2.41. The molecule has 2 heteroatoms. The van der Waals surface area contributed by atoms with Crippen molar-refractivity contribution >= 4 is 54.6 Å². The van der Waals surface area contributed by atoms with Crippen molar-refractivity contribution in [2.45, 2.75) is 12.8 Å². The number of rotatable bonds is 5. The van der Waals surface area contributed by atoms with Gasteiger partial charge in [0.1, 0.15) is 0 Å². The van der Waals surface area contributed by atoms with E-state index < -0.39 is 0 Å². The van der Waals surface area contributed by atoms with Crippen LogP contribution in [0.2, 0.25) is 0 Å². The molecule has 1 aliphatic rings. The highest BCUT2D eigenvalue weighted by molar-refractivity contribution is 7.26. The van der Waals surface area contributed by atoms with Gasteiger partial charge >= 0.3 is 0 Å². The minimum Gasteiger partial charge on any atom is -0.310 e. The molecule has 0 N–H and O–H groups in total. The van der Waals surface area contributed by atoms with Crippen molar-refractivity contribution in [3.63, 3.8) is 0 Å². The molecule has 0 atom stereocenters. The molecule has 1 aliphatic carbocycles. The highest BCUT2D eigenvalue weighted by Gasteiger charge is 2.19. The summed E-state index contributed by atoms with van der Waals surface area (Å²) >= 11 is 1.89. The fraction of sp³-hybridized carbons (Fsp3) is 0.0500. The molecule has 0 radical (unpaired) electrons. The molecule has 1 aromatic heterocycles. The minimum absolute atomic E-state index is 1.06. The molecule has 42 heavy (non-hydrogen) atoms. The molecule has 7 aromatic rings. The Morgan fingerprint density at radius 2 is 1.21 bits per heavy atom. The van der Waals surface area contributed by atoms with Crippen molar-refractivity contribution < 1.29 is 0 Å². The fourth-order valence-corrected chi connectivity index (χ4v) is 7.62. The SMILES string of the molecule is C1=Cc2cccc(N(c3ccccc3)c3ccc(-c4ccccc4-c4cccc5c4sc4ccccc45)cc3)c2CC1. The summed E-state index contributed by atoms with van der Waals surface area (Å²) in [6, 6.07) is 50.8. The van der Waals surface area contributed by atoms with Gasteiger partial charge in [0.15, 0.2) is 0 Å². The number of para-hydroxylation sites is 1. The Morgan fingerprint density at radius 3 is 2.10 bits per heavy atom. The number of nitrogens with zero attached hydrogens (tertiary/aromatic N) is 1. The van der Waals surface area contributed by atoms with E-state index in [0.717, 1.165) is 18.5 Å². The van der Waals surface area contributed by atoms with Crippen LogP contribution in [0.5, 0.6) is 0 Å². The Balaban J connectivity index is 1.24. The summed E-state index contributed by atoms with van der Waals surface area (Å²) < 4.78 is 2.68. The number of hydrogen-bond donors (Lipinski definition) is 0. The van der Waals surface area contributed by atoms with E-state index in [-0.39, 0.29) is 0 Å². The van der Waals surface area contributed by atoms with Gasteiger partial charge in [-0.3, -0.25) is 0 Å². The van der Waals surface area contributed by atoms with E-state index >= 15 is 0 Å². The van der Waals surface area contributed by atoms with Crippen LogP contribution in [0.3, 0.4) is 0 Å². The van der Waals surface area contributed by atoms with Crippen LogP contribution in [-0.4, -0.2) is 0 Å². The Kier molecular flexibility index (Phi) is 6.20. The minimum atomic E-state index is 1.06. The maximum Gasteiger partial charge on any atom is 0.0499 e. The summed E-state index contributed by atoms with van der Waals surface area (Å²) in [7, 11) is 0. The molecule has 0 fully saturated rings. The zero-order valence-electron chi connectivity index (χ0n) is 23.2. The predicted molar refractivity (Wildman–Crippen MR) is 182 cm³/mol. The first-order chi connectivity index (χ1) is 20.8. The third-order valence-electron chi connectivity index (χ3n) is 8.36. The molecular formula is C40H29NS. The molecule has 0 saturated carbocycles. The van der Waals surface area contributed by atoms with Gasteiger partial charge in [-0.05, 0) is 77.1 Å². The molecule has 200 valence electrons. The zero-order chi connectivity index (χ0) is 27.9. The fourth-order valence-electron chi connectivity index (χ4n) is 6.39. The normalized spacial score (nSPS) is 12.5. The zero-order valence-corrected chi connectivity index (χ0v) is 24.0. The second kappa shape index (κ2) is 10.5. The quantitative estimate of drug-likeness (QED) is 0.204. The van der Waals surface area contributed by atoms with Crippen molar-refractivity contribution in [3.05, 3.63) is 157 Å². The standard InChI is InChI=1S/C40H29NS/c1-2-14-30(15-3-1)41(38-22-10-13-28-12-4-5-17-33(28)38)31-26-24-29(25-27-31)32-16-6-7-18-34(32)36-20-11-21-37-35-19-8-9-23-39(35)42-40(36)37/h1-4,6-16,18-27H,5,17H2. The lowest BCUT2D eigenvalue weighted by Crippen LogP contribution is -2.13. The number of allylic oxidation sites excluding steroid dienone is 1. The summed E-state index contributed by atoms with van der Waals surface area (Å²) in [4.78, 5) is 2.41. The summed E-state index contributed by atoms with van der Waals surface area (Å²) in [6.45, 7) is 0. The molecule has 1 heterocycles. The number of benzene rings is 6. The summed E-state index contributed by atoms with van der Waals surface area (Å²) in [5.41, 5.74) is 11.4. The smallest absolute Gasteiger partial charge is 0.0499 e. The topological polar surface area (TPSA) is 3.24 Å². The molecule has 0 aliphatic heterocycles. The van der Waals surface area contributed by atoms with E-state index in [1.54, 1.807) is 0 Å². The van der Waals surface area contributed by atoms with E-state index in [1.807, 2.05) is 11.3 Å². The van der Waals surface area contributed by atoms with Gasteiger partial charge in [-0.15, -0.1) is 11.3 Å². The van der Waals surface area contributed by atoms with E-state index in [4.69, 9.17) is 0 Å². The molecule has 0 amide bonds. The molecular weight excluding hydrogens is 527 g/mol. The van der Waals surface area contributed by atoms with E-state index in [1.165, 1.54) is 64.9 Å². The first-order valence-corrected chi connectivity index (χ1v) is 15.4. The Morgan fingerprint density at radius 1 is 0.524 bits per heavy atom. The van der Waals surface area contributed by atoms with Crippen molar-refractivity contribution in [1.29, 1.82) is 0 Å². The van der Waals surface area contributed by atoms with Crippen molar-refractivity contribution in [2.75, 3.05) is 4.90 Å². The second-order valence-corrected chi connectivity index (χ2v) is 11.9.